The molecule has 3 aromatic rings. The summed E-state index contributed by atoms with van der Waals surface area (Å²) in [6, 6.07) is 25.6. The lowest BCUT2D eigenvalue weighted by Gasteiger charge is -2.56. The van der Waals surface area contributed by atoms with E-state index in [9.17, 15) is 10.2 Å². The summed E-state index contributed by atoms with van der Waals surface area (Å²) >= 11 is 0. The maximum atomic E-state index is 9.68. The van der Waals surface area contributed by atoms with Crippen LogP contribution >= 0.6 is 0 Å². The zero-order chi connectivity index (χ0) is 18.6. The molecule has 0 saturated carbocycles. The van der Waals surface area contributed by atoms with Gasteiger partial charge in [0, 0.05) is 12.0 Å². The Morgan fingerprint density at radius 2 is 0.963 bits per heavy atom. The largest absolute Gasteiger partial charge is 0.368 e. The van der Waals surface area contributed by atoms with E-state index in [1.807, 2.05) is 0 Å². The van der Waals surface area contributed by atoms with Crippen LogP contribution in [-0.2, 0) is 10.8 Å². The van der Waals surface area contributed by atoms with Crippen molar-refractivity contribution in [2.24, 2.45) is 5.73 Å². The van der Waals surface area contributed by atoms with E-state index in [0.717, 1.165) is 0 Å². The molecule has 27 heavy (non-hydrogen) atoms. The molecule has 0 aromatic heterocycles. The summed E-state index contributed by atoms with van der Waals surface area (Å²) in [5.41, 5.74) is 13.2. The number of aliphatic hydroxyl groups excluding tert-OH is 1. The summed E-state index contributed by atoms with van der Waals surface area (Å²) in [4.78, 5) is 0. The van der Waals surface area contributed by atoms with E-state index in [2.05, 4.69) is 72.8 Å². The third-order valence-electron chi connectivity index (χ3n) is 6.62. The van der Waals surface area contributed by atoms with Crippen molar-refractivity contribution in [2.75, 3.05) is 6.54 Å². The topological polar surface area (TPSA) is 66.5 Å². The minimum Gasteiger partial charge on any atom is -0.368 e. The van der Waals surface area contributed by atoms with Gasteiger partial charge >= 0.3 is 0 Å². The molecule has 3 aliphatic rings. The quantitative estimate of drug-likeness (QED) is 0.629. The molecule has 0 aliphatic heterocycles. The van der Waals surface area contributed by atoms with Gasteiger partial charge in [-0.1, -0.05) is 72.8 Å². The van der Waals surface area contributed by atoms with Crippen LogP contribution < -0.4 is 5.73 Å². The van der Waals surface area contributed by atoms with Gasteiger partial charge in [-0.2, -0.15) is 0 Å². The van der Waals surface area contributed by atoms with Crippen LogP contribution in [0.5, 0.6) is 0 Å². The molecule has 3 aliphatic carbocycles. The molecule has 0 amide bonds. The van der Waals surface area contributed by atoms with Gasteiger partial charge in [0.1, 0.15) is 0 Å². The zero-order valence-corrected chi connectivity index (χ0v) is 15.1. The number of rotatable bonds is 4. The standard InChI is InChI=1S/C24H23NO2/c25-15-24-19-10-4-1-7-16(19)23(14-13-22(26)27,17-8-2-5-11-20(17)24)18-9-3-6-12-21(18)24/h1-12,22,26-27H,13-15,25H2. The van der Waals surface area contributed by atoms with E-state index < -0.39 is 6.29 Å². The van der Waals surface area contributed by atoms with E-state index in [1.165, 1.54) is 33.4 Å². The van der Waals surface area contributed by atoms with E-state index in [4.69, 9.17) is 5.73 Å². The second kappa shape index (κ2) is 5.77. The lowest BCUT2D eigenvalue weighted by Crippen LogP contribution is -2.54. The van der Waals surface area contributed by atoms with E-state index in [1.54, 1.807) is 0 Å². The number of hydrogen-bond acceptors (Lipinski definition) is 3. The Morgan fingerprint density at radius 3 is 1.26 bits per heavy atom. The van der Waals surface area contributed by atoms with E-state index >= 15 is 0 Å². The maximum Gasteiger partial charge on any atom is 0.151 e. The van der Waals surface area contributed by atoms with Crippen molar-refractivity contribution in [3.05, 3.63) is 106 Å². The molecule has 0 heterocycles. The second-order valence-electron chi connectivity index (χ2n) is 7.67. The number of hydrogen-bond donors (Lipinski definition) is 3. The van der Waals surface area contributed by atoms with Crippen LogP contribution in [0.3, 0.4) is 0 Å². The van der Waals surface area contributed by atoms with Crippen molar-refractivity contribution in [1.29, 1.82) is 0 Å². The first kappa shape index (κ1) is 16.7. The minimum absolute atomic E-state index is 0.312. The fourth-order valence-corrected chi connectivity index (χ4v) is 5.63. The van der Waals surface area contributed by atoms with Gasteiger partial charge in [-0.05, 0) is 46.2 Å². The Bertz CT molecular complexity index is 906. The van der Waals surface area contributed by atoms with Gasteiger partial charge in [0.05, 0.1) is 5.41 Å². The molecule has 3 heteroatoms. The van der Waals surface area contributed by atoms with Crippen molar-refractivity contribution in [2.45, 2.75) is 30.0 Å². The predicted octanol–water partition coefficient (Wildman–Crippen LogP) is 3.03. The Kier molecular flexibility index (Phi) is 3.57. The molecule has 0 radical (unpaired) electrons. The predicted molar refractivity (Wildman–Crippen MR) is 106 cm³/mol. The normalized spacial score (nSPS) is 24.4. The minimum atomic E-state index is -1.33. The molecule has 3 aromatic carbocycles. The first-order chi connectivity index (χ1) is 13.2. The van der Waals surface area contributed by atoms with Crippen molar-refractivity contribution in [3.63, 3.8) is 0 Å². The van der Waals surface area contributed by atoms with Gasteiger partial charge in [-0.25, -0.2) is 0 Å². The Hall–Kier alpha value is -2.46. The molecule has 0 saturated heterocycles. The van der Waals surface area contributed by atoms with Gasteiger partial charge < -0.3 is 15.9 Å². The van der Waals surface area contributed by atoms with E-state index in [0.29, 0.717) is 19.4 Å². The molecule has 0 atom stereocenters. The van der Waals surface area contributed by atoms with Crippen LogP contribution in [0.4, 0.5) is 0 Å². The van der Waals surface area contributed by atoms with Gasteiger partial charge in [-0.15, -0.1) is 0 Å². The van der Waals surface area contributed by atoms with Gasteiger partial charge in [0.15, 0.2) is 6.29 Å². The second-order valence-corrected chi connectivity index (χ2v) is 7.67. The highest BCUT2D eigenvalue weighted by atomic mass is 16.5. The fraction of sp³-hybridized carbons (Fsp3) is 0.250. The average Bonchev–Trinajstić information content (AvgIpc) is 2.72. The molecule has 0 spiro atoms. The molecule has 136 valence electrons. The molecule has 0 fully saturated rings. The van der Waals surface area contributed by atoms with Crippen molar-refractivity contribution in [3.8, 4) is 0 Å². The van der Waals surface area contributed by atoms with Crippen LogP contribution in [-0.4, -0.2) is 23.0 Å². The first-order valence-corrected chi connectivity index (χ1v) is 9.52. The lowest BCUT2D eigenvalue weighted by molar-refractivity contribution is -0.0485. The molecule has 2 bridgehead atoms. The molecular formula is C24H23NO2. The number of aliphatic hydroxyl groups is 2. The molecular weight excluding hydrogens is 334 g/mol. The van der Waals surface area contributed by atoms with Crippen LogP contribution in [0.15, 0.2) is 72.8 Å². The molecule has 6 rings (SSSR count). The van der Waals surface area contributed by atoms with E-state index in [-0.39, 0.29) is 10.8 Å². The average molecular weight is 357 g/mol. The third kappa shape index (κ3) is 1.91. The highest BCUT2D eigenvalue weighted by Crippen LogP contribution is 2.62. The third-order valence-corrected chi connectivity index (χ3v) is 6.62. The number of benzene rings is 3. The zero-order valence-electron chi connectivity index (χ0n) is 15.1. The summed E-state index contributed by atoms with van der Waals surface area (Å²) in [6.07, 6.45) is -0.378. The van der Waals surface area contributed by atoms with Crippen LogP contribution in [0.2, 0.25) is 0 Å². The summed E-state index contributed by atoms with van der Waals surface area (Å²) in [6.45, 7) is 0.497. The Morgan fingerprint density at radius 1 is 0.630 bits per heavy atom. The van der Waals surface area contributed by atoms with Gasteiger partial charge in [-0.3, -0.25) is 0 Å². The molecule has 3 nitrogen and oxygen atoms in total. The van der Waals surface area contributed by atoms with Crippen molar-refractivity contribution in [1.82, 2.24) is 0 Å². The number of nitrogens with two attached hydrogens (primary N) is 1. The molecule has 4 N–H and O–H groups in total. The smallest absolute Gasteiger partial charge is 0.151 e. The van der Waals surface area contributed by atoms with Crippen molar-refractivity contribution >= 4 is 0 Å². The van der Waals surface area contributed by atoms with Gasteiger partial charge in [0.25, 0.3) is 0 Å². The van der Waals surface area contributed by atoms with Crippen LogP contribution in [0, 0.1) is 0 Å². The van der Waals surface area contributed by atoms with Crippen molar-refractivity contribution < 1.29 is 10.2 Å². The Balaban J connectivity index is 1.95. The Labute approximate surface area is 159 Å². The summed E-state index contributed by atoms with van der Waals surface area (Å²) < 4.78 is 0. The summed E-state index contributed by atoms with van der Waals surface area (Å²) in [7, 11) is 0. The maximum absolute atomic E-state index is 9.68. The van der Waals surface area contributed by atoms with Gasteiger partial charge in [0.2, 0.25) is 0 Å². The monoisotopic (exact) mass is 357 g/mol. The molecule has 0 unspecified atom stereocenters. The first-order valence-electron chi connectivity index (χ1n) is 9.52. The van der Waals surface area contributed by atoms with Crippen LogP contribution in [0.1, 0.15) is 46.2 Å². The SMILES string of the molecule is NCC12c3ccccc3C(CCC(O)O)(c3ccccc31)c1ccccc12. The highest BCUT2D eigenvalue weighted by Gasteiger charge is 2.57. The lowest BCUT2D eigenvalue weighted by atomic mass is 9.46. The fourth-order valence-electron chi connectivity index (χ4n) is 5.63. The summed E-state index contributed by atoms with van der Waals surface area (Å²) in [5, 5.41) is 19.4. The van der Waals surface area contributed by atoms with Crippen LogP contribution in [0.25, 0.3) is 0 Å². The highest BCUT2D eigenvalue weighted by molar-refractivity contribution is 5.75. The summed E-state index contributed by atoms with van der Waals surface area (Å²) in [5.74, 6) is 0.